The second-order valence-electron chi connectivity index (χ2n) is 16.6. The van der Waals surface area contributed by atoms with Crippen LogP contribution in [0.2, 0.25) is 0 Å². The van der Waals surface area contributed by atoms with Crippen molar-refractivity contribution in [2.45, 2.75) is 116 Å². The number of nitrogens with zero attached hydrogens (tertiary/aromatic N) is 5. The molecule has 0 aliphatic heterocycles. The average Bonchev–Trinajstić information content (AvgIpc) is 3.21. The fourth-order valence-electron chi connectivity index (χ4n) is 7.36. The molecule has 0 unspecified atom stereocenters. The van der Waals surface area contributed by atoms with Crippen LogP contribution in [0.5, 0.6) is 0 Å². The number of hydrogen-bond donors (Lipinski definition) is 3. The quantitative estimate of drug-likeness (QED) is 0.142. The fraction of sp³-hybridized carbons (Fsp3) is 0.578. The maximum atomic E-state index is 14.9. The summed E-state index contributed by atoms with van der Waals surface area (Å²) >= 11 is 0. The van der Waals surface area contributed by atoms with Gasteiger partial charge in [0.1, 0.15) is 36.3 Å². The summed E-state index contributed by atoms with van der Waals surface area (Å²) in [5, 5.41) is 2.73. The smallest absolute Gasteiger partial charge is 0.246 e. The van der Waals surface area contributed by atoms with E-state index in [1.54, 1.807) is 13.8 Å². The van der Waals surface area contributed by atoms with Gasteiger partial charge in [0.05, 0.1) is 0 Å². The molecule has 0 fully saturated rings. The van der Waals surface area contributed by atoms with Gasteiger partial charge >= 0.3 is 0 Å². The minimum absolute atomic E-state index is 0.0186. The zero-order valence-electron chi connectivity index (χ0n) is 37.6. The maximum Gasteiger partial charge on any atom is 0.246 e. The second-order valence-corrected chi connectivity index (χ2v) is 16.6. The number of unbranched alkanes of at least 4 members (excludes halogenated alkanes) is 1. The van der Waals surface area contributed by atoms with Gasteiger partial charge in [0.25, 0.3) is 0 Å². The second kappa shape index (κ2) is 24.1. The zero-order chi connectivity index (χ0) is 45.4. The van der Waals surface area contributed by atoms with Crippen LogP contribution in [0.25, 0.3) is 0 Å². The molecule has 0 aromatic heterocycles. The lowest BCUT2D eigenvalue weighted by molar-refractivity contribution is -0.156. The predicted octanol–water partition coefficient (Wildman–Crippen LogP) is 2.45. The van der Waals surface area contributed by atoms with Crippen molar-refractivity contribution in [3.05, 3.63) is 71.8 Å². The van der Waals surface area contributed by atoms with E-state index in [4.69, 9.17) is 11.5 Å². The normalized spacial score (nSPS) is 14.2. The molecule has 7 amide bonds. The molecule has 2 aromatic carbocycles. The van der Waals surface area contributed by atoms with Gasteiger partial charge in [0.2, 0.25) is 41.4 Å². The number of nitrogens with one attached hydrogen (secondary N) is 1. The number of likely N-dealkylation sites (N-methyl/N-ethyl adjacent to an activating group) is 5. The van der Waals surface area contributed by atoms with Gasteiger partial charge in [-0.25, -0.2) is 0 Å². The molecule has 0 saturated carbocycles. The highest BCUT2D eigenvalue weighted by Crippen LogP contribution is 2.23. The Morgan fingerprint density at radius 2 is 1.02 bits per heavy atom. The van der Waals surface area contributed by atoms with Crippen molar-refractivity contribution in [3.63, 3.8) is 0 Å². The molecule has 0 aliphatic rings. The van der Waals surface area contributed by atoms with E-state index in [0.717, 1.165) is 11.1 Å². The SMILES string of the molecule is CC(=O)N[C@@H](CCCCN)C(=O)N(C)[C@@H](CC(C)C)C(=O)N(C)[C@H](C(=O)N(C)[C@@H](Cc1ccccc1)C(=O)N(C)[C@@H](Cc1ccccc1)C(=O)N(C)[C@@H](C)C(N)=O)C(C)C. The summed E-state index contributed by atoms with van der Waals surface area (Å²) < 4.78 is 0. The molecule has 5 N–H and O–H groups in total. The third-order valence-electron chi connectivity index (χ3n) is 11.2. The number of amides is 7. The number of rotatable bonds is 23. The summed E-state index contributed by atoms with van der Waals surface area (Å²) in [4.78, 5) is 103. The molecule has 0 saturated heterocycles. The van der Waals surface area contributed by atoms with Gasteiger partial charge in [-0.2, -0.15) is 0 Å². The van der Waals surface area contributed by atoms with Crippen molar-refractivity contribution in [3.8, 4) is 0 Å². The molecule has 0 radical (unpaired) electrons. The van der Waals surface area contributed by atoms with Crippen molar-refractivity contribution >= 4 is 41.4 Å². The average molecular weight is 835 g/mol. The number of benzene rings is 2. The van der Waals surface area contributed by atoms with Crippen LogP contribution in [0.3, 0.4) is 0 Å². The Bertz CT molecular complexity index is 1740. The first-order valence-electron chi connectivity index (χ1n) is 20.8. The third-order valence-corrected chi connectivity index (χ3v) is 11.2. The molecule has 6 atom stereocenters. The number of carbonyl (C=O) groups excluding carboxylic acids is 7. The summed E-state index contributed by atoms with van der Waals surface area (Å²) in [7, 11) is 7.56. The van der Waals surface area contributed by atoms with Gasteiger partial charge in [0.15, 0.2) is 0 Å². The number of primary amides is 1. The topological polar surface area (TPSA) is 200 Å². The van der Waals surface area contributed by atoms with Crippen LogP contribution in [-0.4, -0.2) is 144 Å². The lowest BCUT2D eigenvalue weighted by Crippen LogP contribution is -2.61. The highest BCUT2D eigenvalue weighted by Gasteiger charge is 2.43. The first-order chi connectivity index (χ1) is 28.2. The van der Waals surface area contributed by atoms with Gasteiger partial charge in [-0.15, -0.1) is 0 Å². The highest BCUT2D eigenvalue weighted by molar-refractivity contribution is 5.97. The molecule has 60 heavy (non-hydrogen) atoms. The van der Waals surface area contributed by atoms with Gasteiger partial charge in [-0.1, -0.05) is 88.4 Å². The Kier molecular flexibility index (Phi) is 20.4. The van der Waals surface area contributed by atoms with Crippen LogP contribution in [0.1, 0.15) is 78.4 Å². The predicted molar refractivity (Wildman–Crippen MR) is 233 cm³/mol. The molecule has 15 nitrogen and oxygen atoms in total. The molecule has 0 heterocycles. The van der Waals surface area contributed by atoms with Crippen molar-refractivity contribution < 1.29 is 33.6 Å². The van der Waals surface area contributed by atoms with E-state index in [0.29, 0.717) is 25.8 Å². The van der Waals surface area contributed by atoms with Gasteiger partial charge in [-0.3, -0.25) is 33.6 Å². The lowest BCUT2D eigenvalue weighted by atomic mass is 9.95. The van der Waals surface area contributed by atoms with Crippen LogP contribution in [-0.2, 0) is 46.4 Å². The van der Waals surface area contributed by atoms with Crippen LogP contribution < -0.4 is 16.8 Å². The van der Waals surface area contributed by atoms with Crippen LogP contribution in [0.4, 0.5) is 0 Å². The molecular formula is C45H70N8O7. The highest BCUT2D eigenvalue weighted by atomic mass is 16.2. The largest absolute Gasteiger partial charge is 0.368 e. The maximum absolute atomic E-state index is 14.9. The molecule has 0 spiro atoms. The molecule has 332 valence electrons. The summed E-state index contributed by atoms with van der Waals surface area (Å²) in [6.07, 6.45) is 2.11. The van der Waals surface area contributed by atoms with Crippen molar-refractivity contribution in [2.75, 3.05) is 41.8 Å². The van der Waals surface area contributed by atoms with Crippen molar-refractivity contribution in [1.82, 2.24) is 29.8 Å². The van der Waals surface area contributed by atoms with E-state index in [1.807, 2.05) is 74.5 Å². The minimum atomic E-state index is -1.12. The molecule has 2 rings (SSSR count). The molecule has 2 aromatic rings. The summed E-state index contributed by atoms with van der Waals surface area (Å²) in [5.74, 6) is -3.96. The van der Waals surface area contributed by atoms with Gasteiger partial charge in [-0.05, 0) is 62.1 Å². The standard InChI is InChI=1S/C45H70N8O7/c1-29(2)26-36(50(8)41(56)35(48-32(6)54)24-18-19-25-46)44(59)53(11)39(30(3)4)45(60)52(10)38(28-34-22-16-13-17-23-34)43(58)51(9)37(27-33-20-14-12-15-21-33)42(57)49(7)31(5)40(47)55/h12-17,20-23,29-31,35-39H,18-19,24-28,46H2,1-11H3,(H2,47,55)(H,48,54)/t31-,35-,36-,37-,38-,39-/m0/s1. The van der Waals surface area contributed by atoms with E-state index in [-0.39, 0.29) is 31.1 Å². The van der Waals surface area contributed by atoms with E-state index in [1.165, 1.54) is 73.6 Å². The fourth-order valence-corrected chi connectivity index (χ4v) is 7.36. The first-order valence-corrected chi connectivity index (χ1v) is 20.8. The number of nitrogens with two attached hydrogens (primary N) is 2. The summed E-state index contributed by atoms with van der Waals surface area (Å²) in [6, 6.07) is 12.3. The molecular weight excluding hydrogens is 765 g/mol. The lowest BCUT2D eigenvalue weighted by Gasteiger charge is -2.41. The van der Waals surface area contributed by atoms with Crippen LogP contribution in [0.15, 0.2) is 60.7 Å². The summed E-state index contributed by atoms with van der Waals surface area (Å²) in [6.45, 7) is 10.8. The number of hydrogen-bond acceptors (Lipinski definition) is 8. The van der Waals surface area contributed by atoms with Crippen LogP contribution >= 0.6 is 0 Å². The van der Waals surface area contributed by atoms with E-state index < -0.39 is 77.6 Å². The monoisotopic (exact) mass is 835 g/mol. The van der Waals surface area contributed by atoms with E-state index in [9.17, 15) is 33.6 Å². The van der Waals surface area contributed by atoms with Crippen molar-refractivity contribution in [1.29, 1.82) is 0 Å². The van der Waals surface area contributed by atoms with Gasteiger partial charge in [0, 0.05) is 55.0 Å². The van der Waals surface area contributed by atoms with Crippen LogP contribution in [0, 0.1) is 11.8 Å². The zero-order valence-corrected chi connectivity index (χ0v) is 37.6. The first kappa shape index (κ1) is 50.8. The van der Waals surface area contributed by atoms with E-state index in [2.05, 4.69) is 5.32 Å². The third kappa shape index (κ3) is 14.2. The van der Waals surface area contributed by atoms with E-state index >= 15 is 0 Å². The molecule has 0 aliphatic carbocycles. The Hall–Kier alpha value is -5.31. The van der Waals surface area contributed by atoms with Gasteiger partial charge < -0.3 is 41.3 Å². The van der Waals surface area contributed by atoms with Crippen molar-refractivity contribution in [2.24, 2.45) is 23.3 Å². The minimum Gasteiger partial charge on any atom is -0.368 e. The Morgan fingerprint density at radius 1 is 0.583 bits per heavy atom. The summed E-state index contributed by atoms with van der Waals surface area (Å²) in [5.41, 5.74) is 12.8. The Labute approximate surface area is 357 Å². The number of carbonyl (C=O) groups is 7. The molecule has 15 heteroatoms. The Balaban J connectivity index is 2.61. The Morgan fingerprint density at radius 3 is 1.43 bits per heavy atom. The molecule has 0 bridgehead atoms.